The highest BCUT2D eigenvalue weighted by molar-refractivity contribution is 5.93. The third kappa shape index (κ3) is 8.44. The number of nitrogens with one attached hydrogen (secondary N) is 3. The number of likely N-dealkylation sites (tertiary alicyclic amines) is 1. The molecule has 3 N–H and O–H groups in total. The number of aryl methyl sites for hydroxylation is 1. The first kappa shape index (κ1) is 30.3. The predicted molar refractivity (Wildman–Crippen MR) is 160 cm³/mol. The number of carbonyl (C=O) groups excluding carboxylic acids is 1. The third-order valence-corrected chi connectivity index (χ3v) is 6.95. The molecule has 1 saturated heterocycles. The van der Waals surface area contributed by atoms with E-state index in [1.807, 2.05) is 25.1 Å². The van der Waals surface area contributed by atoms with Crippen LogP contribution in [0.2, 0.25) is 0 Å². The van der Waals surface area contributed by atoms with E-state index >= 15 is 0 Å². The zero-order chi connectivity index (χ0) is 29.9. The normalized spacial score (nSPS) is 13.4. The molecule has 0 saturated carbocycles. The van der Waals surface area contributed by atoms with E-state index in [4.69, 9.17) is 4.98 Å². The summed E-state index contributed by atoms with van der Waals surface area (Å²) >= 11 is 0. The smallest absolute Gasteiger partial charge is 0.260 e. The lowest BCUT2D eigenvalue weighted by atomic mass is 10.1. The topological polar surface area (TPSA) is 103 Å². The van der Waals surface area contributed by atoms with Crippen molar-refractivity contribution in [3.05, 3.63) is 99.6 Å². The number of rotatable bonds is 6. The molecule has 8 nitrogen and oxygen atoms in total. The van der Waals surface area contributed by atoms with E-state index in [2.05, 4.69) is 44.3 Å². The SMILES string of the molecule is CCN1CCC(Nc2cnc3ccc(C#CCNC(=O)c4ccc[nH]c4=O)cc3n2)CC1.CCc1ccc(F)c(F)c1. The van der Waals surface area contributed by atoms with Crippen molar-refractivity contribution in [1.82, 2.24) is 25.2 Å². The molecule has 0 spiro atoms. The number of fused-ring (bicyclic) bond motifs is 1. The number of hydrogen-bond acceptors (Lipinski definition) is 6. The Labute approximate surface area is 243 Å². The fraction of sp³-hybridized carbons (Fsp3) is 0.312. The fourth-order valence-electron chi connectivity index (χ4n) is 4.49. The molecule has 0 unspecified atom stereocenters. The Morgan fingerprint density at radius 1 is 1.07 bits per heavy atom. The van der Waals surface area contributed by atoms with Gasteiger partial charge < -0.3 is 20.5 Å². The van der Waals surface area contributed by atoms with Crippen LogP contribution in [0.15, 0.2) is 65.7 Å². The minimum Gasteiger partial charge on any atom is -0.366 e. The van der Waals surface area contributed by atoms with Gasteiger partial charge in [-0.2, -0.15) is 0 Å². The van der Waals surface area contributed by atoms with Crippen LogP contribution in [0.5, 0.6) is 0 Å². The molecule has 10 heteroatoms. The molecule has 4 aromatic rings. The first-order chi connectivity index (χ1) is 20.4. The van der Waals surface area contributed by atoms with Gasteiger partial charge in [-0.3, -0.25) is 14.6 Å². The first-order valence-corrected chi connectivity index (χ1v) is 14.0. The van der Waals surface area contributed by atoms with Crippen LogP contribution in [0.25, 0.3) is 11.0 Å². The number of aromatic amines is 1. The van der Waals surface area contributed by atoms with Gasteiger partial charge in [0.1, 0.15) is 11.4 Å². The molecule has 5 rings (SSSR count). The number of carbonyl (C=O) groups is 1. The van der Waals surface area contributed by atoms with E-state index in [0.29, 0.717) is 6.04 Å². The van der Waals surface area contributed by atoms with Crippen LogP contribution in [-0.4, -0.2) is 58.0 Å². The second kappa shape index (κ2) is 14.8. The Hall–Kier alpha value is -4.62. The van der Waals surface area contributed by atoms with Crippen molar-refractivity contribution < 1.29 is 13.6 Å². The molecule has 1 aliphatic heterocycles. The van der Waals surface area contributed by atoms with Crippen molar-refractivity contribution in [1.29, 1.82) is 0 Å². The van der Waals surface area contributed by atoms with Gasteiger partial charge in [0.2, 0.25) is 0 Å². The molecule has 2 aromatic heterocycles. The van der Waals surface area contributed by atoms with Gasteiger partial charge in [-0.25, -0.2) is 13.8 Å². The minimum atomic E-state index is -0.780. The summed E-state index contributed by atoms with van der Waals surface area (Å²) in [7, 11) is 0. The molecule has 3 heterocycles. The van der Waals surface area contributed by atoms with Gasteiger partial charge in [0.15, 0.2) is 11.6 Å². The molecule has 0 aliphatic carbocycles. The van der Waals surface area contributed by atoms with Crippen LogP contribution in [0.1, 0.15) is 48.2 Å². The summed E-state index contributed by atoms with van der Waals surface area (Å²) in [5, 5.41) is 6.15. The molecule has 218 valence electrons. The van der Waals surface area contributed by atoms with E-state index in [1.165, 1.54) is 18.3 Å². The Morgan fingerprint density at radius 3 is 2.60 bits per heavy atom. The molecule has 1 fully saturated rings. The van der Waals surface area contributed by atoms with Gasteiger partial charge in [-0.1, -0.05) is 31.8 Å². The van der Waals surface area contributed by atoms with Crippen LogP contribution in [0, 0.1) is 23.5 Å². The second-order valence-corrected chi connectivity index (χ2v) is 9.81. The van der Waals surface area contributed by atoms with Crippen molar-refractivity contribution >= 4 is 22.8 Å². The van der Waals surface area contributed by atoms with Crippen molar-refractivity contribution in [3.8, 4) is 11.8 Å². The molecule has 1 amide bonds. The highest BCUT2D eigenvalue weighted by Gasteiger charge is 2.18. The van der Waals surface area contributed by atoms with Crippen LogP contribution < -0.4 is 16.2 Å². The van der Waals surface area contributed by atoms with Crippen molar-refractivity contribution in [2.75, 3.05) is 31.5 Å². The lowest BCUT2D eigenvalue weighted by molar-refractivity contribution is 0.0957. The van der Waals surface area contributed by atoms with E-state index in [1.54, 1.807) is 18.3 Å². The summed E-state index contributed by atoms with van der Waals surface area (Å²) in [6.45, 7) is 7.53. The lowest BCUT2D eigenvalue weighted by Crippen LogP contribution is -2.39. The number of halogens is 2. The lowest BCUT2D eigenvalue weighted by Gasteiger charge is -2.31. The zero-order valence-electron chi connectivity index (χ0n) is 23.7. The van der Waals surface area contributed by atoms with Gasteiger partial charge >= 0.3 is 0 Å². The highest BCUT2D eigenvalue weighted by Crippen LogP contribution is 2.18. The van der Waals surface area contributed by atoms with E-state index in [-0.39, 0.29) is 12.1 Å². The summed E-state index contributed by atoms with van der Waals surface area (Å²) in [5.41, 5.74) is 2.82. The van der Waals surface area contributed by atoms with Crippen molar-refractivity contribution in [3.63, 3.8) is 0 Å². The van der Waals surface area contributed by atoms with E-state index in [0.717, 1.165) is 72.9 Å². The minimum absolute atomic E-state index is 0.0654. The number of H-pyrrole nitrogens is 1. The number of pyridine rings is 1. The molecule has 1 aliphatic rings. The molecule has 0 radical (unpaired) electrons. The number of anilines is 1. The number of amides is 1. The Kier molecular flexibility index (Phi) is 10.7. The van der Waals surface area contributed by atoms with Crippen molar-refractivity contribution in [2.24, 2.45) is 0 Å². The fourth-order valence-corrected chi connectivity index (χ4v) is 4.49. The average Bonchev–Trinajstić information content (AvgIpc) is 3.01. The molecular formula is C32H34F2N6O2. The quantitative estimate of drug-likeness (QED) is 0.294. The predicted octanol–water partition coefficient (Wildman–Crippen LogP) is 4.52. The van der Waals surface area contributed by atoms with Gasteiger partial charge in [-0.05, 0) is 73.8 Å². The molecule has 42 heavy (non-hydrogen) atoms. The highest BCUT2D eigenvalue weighted by atomic mass is 19.2. The summed E-state index contributed by atoms with van der Waals surface area (Å²) in [6.07, 6.45) is 6.19. The first-order valence-electron chi connectivity index (χ1n) is 14.0. The second-order valence-electron chi connectivity index (χ2n) is 9.81. The maximum atomic E-state index is 12.4. The van der Waals surface area contributed by atoms with Crippen LogP contribution >= 0.6 is 0 Å². The van der Waals surface area contributed by atoms with E-state index < -0.39 is 23.1 Å². The monoisotopic (exact) mass is 572 g/mol. The number of benzene rings is 2. The van der Waals surface area contributed by atoms with Crippen molar-refractivity contribution in [2.45, 2.75) is 39.2 Å². The third-order valence-electron chi connectivity index (χ3n) is 6.95. The molecular weight excluding hydrogens is 538 g/mol. The summed E-state index contributed by atoms with van der Waals surface area (Å²) in [6, 6.07) is 13.1. The largest absolute Gasteiger partial charge is 0.366 e. The number of hydrogen-bond donors (Lipinski definition) is 3. The van der Waals surface area contributed by atoms with E-state index in [9.17, 15) is 18.4 Å². The standard InChI is InChI=1S/C24H26N6O2.C8H8F2/c1-2-30-13-9-18(10-14-30)28-22-16-27-20-8-7-17(15-21(20)29-22)5-3-11-25-23(31)19-6-4-12-26-24(19)32;1-2-6-3-4-7(9)8(10)5-6/h4,6-8,12,15-16,18H,2,9-11,13-14H2,1H3,(H,25,31)(H,26,32)(H,28,29);3-5H,2H2,1H3. The number of piperidine rings is 1. The number of nitrogens with zero attached hydrogens (tertiary/aromatic N) is 3. The van der Waals surface area contributed by atoms with Crippen LogP contribution in [0.4, 0.5) is 14.6 Å². The van der Waals surface area contributed by atoms with Crippen LogP contribution in [0.3, 0.4) is 0 Å². The van der Waals surface area contributed by atoms with Gasteiger partial charge in [0.25, 0.3) is 11.5 Å². The maximum Gasteiger partial charge on any atom is 0.260 e. The average molecular weight is 573 g/mol. The maximum absolute atomic E-state index is 12.4. The molecule has 0 atom stereocenters. The zero-order valence-corrected chi connectivity index (χ0v) is 23.7. The van der Waals surface area contributed by atoms with Gasteiger partial charge in [0.05, 0.1) is 23.8 Å². The summed E-state index contributed by atoms with van der Waals surface area (Å²) in [4.78, 5) is 37.9. The summed E-state index contributed by atoms with van der Waals surface area (Å²) < 4.78 is 24.7. The summed E-state index contributed by atoms with van der Waals surface area (Å²) in [5.74, 6) is 4.72. The Morgan fingerprint density at radius 2 is 1.88 bits per heavy atom. The Balaban J connectivity index is 0.000000343. The number of aromatic nitrogens is 3. The van der Waals surface area contributed by atoms with Gasteiger partial charge in [0, 0.05) is 30.9 Å². The van der Waals surface area contributed by atoms with Gasteiger partial charge in [-0.15, -0.1) is 0 Å². The molecule has 2 aromatic carbocycles. The van der Waals surface area contributed by atoms with Crippen LogP contribution in [-0.2, 0) is 6.42 Å². The molecule has 0 bridgehead atoms. The Bertz CT molecular complexity index is 1640.